The Morgan fingerprint density at radius 2 is 1.79 bits per heavy atom. The van der Waals surface area contributed by atoms with Gasteiger partial charge in [-0.25, -0.2) is 0 Å². The Balaban J connectivity index is 4.13. The molecule has 3 heteroatoms. The molecule has 0 radical (unpaired) electrons. The van der Waals surface area contributed by atoms with Crippen LogP contribution in [0.2, 0.25) is 19.6 Å². The van der Waals surface area contributed by atoms with E-state index in [-0.39, 0.29) is 0 Å². The van der Waals surface area contributed by atoms with Crippen molar-refractivity contribution in [2.75, 3.05) is 5.75 Å². The lowest BCUT2D eigenvalue weighted by atomic mass is 10.4. The fourth-order valence-electron chi connectivity index (χ4n) is 0.863. The van der Waals surface area contributed by atoms with Crippen molar-refractivity contribution in [3.05, 3.63) is 10.7 Å². The molecule has 0 fully saturated rings. The first kappa shape index (κ1) is 14.1. The summed E-state index contributed by atoms with van der Waals surface area (Å²) in [5, 5.41) is 1.16. The summed E-state index contributed by atoms with van der Waals surface area (Å²) < 4.78 is 6.03. The molecule has 0 rings (SSSR count). The first-order valence-corrected chi connectivity index (χ1v) is 9.75. The molecule has 0 aromatic rings. The molecule has 0 N–H and O–H groups in total. The van der Waals surface area contributed by atoms with Gasteiger partial charge in [-0.15, -0.1) is 0 Å². The van der Waals surface area contributed by atoms with Crippen molar-refractivity contribution < 1.29 is 4.43 Å². The van der Waals surface area contributed by atoms with Crippen LogP contribution in [0.15, 0.2) is 10.7 Å². The number of thioether (sulfide) groups is 1. The lowest BCUT2D eigenvalue weighted by Crippen LogP contribution is -2.24. The van der Waals surface area contributed by atoms with Gasteiger partial charge in [0.05, 0.1) is 0 Å². The van der Waals surface area contributed by atoms with E-state index in [1.54, 1.807) is 0 Å². The number of rotatable bonds is 6. The minimum absolute atomic E-state index is 1.16. The zero-order valence-electron chi connectivity index (χ0n) is 10.4. The van der Waals surface area contributed by atoms with E-state index in [9.17, 15) is 0 Å². The van der Waals surface area contributed by atoms with Crippen LogP contribution in [0.25, 0.3) is 0 Å². The second kappa shape index (κ2) is 6.56. The first-order chi connectivity index (χ1) is 6.37. The first-order valence-electron chi connectivity index (χ1n) is 5.36. The van der Waals surface area contributed by atoms with E-state index in [1.165, 1.54) is 24.2 Å². The highest BCUT2D eigenvalue weighted by Gasteiger charge is 2.18. The molecule has 0 saturated heterocycles. The van der Waals surface area contributed by atoms with Gasteiger partial charge in [-0.05, 0) is 45.5 Å². The Morgan fingerprint density at radius 1 is 1.21 bits per heavy atom. The minimum atomic E-state index is -1.42. The maximum atomic E-state index is 6.03. The van der Waals surface area contributed by atoms with Gasteiger partial charge in [0.1, 0.15) is 5.09 Å². The van der Waals surface area contributed by atoms with E-state index < -0.39 is 8.32 Å². The molecule has 14 heavy (non-hydrogen) atoms. The third-order valence-corrected chi connectivity index (χ3v) is 3.75. The highest BCUT2D eigenvalue weighted by atomic mass is 32.2. The van der Waals surface area contributed by atoms with Gasteiger partial charge in [-0.3, -0.25) is 0 Å². The summed E-state index contributed by atoms with van der Waals surface area (Å²) in [4.78, 5) is 0. The summed E-state index contributed by atoms with van der Waals surface area (Å²) in [5.74, 6) is 1.18. The van der Waals surface area contributed by atoms with E-state index in [2.05, 4.69) is 40.4 Å². The third kappa shape index (κ3) is 7.51. The zero-order chi connectivity index (χ0) is 11.2. The van der Waals surface area contributed by atoms with Crippen LogP contribution in [0, 0.1) is 0 Å². The largest absolute Gasteiger partial charge is 0.540 e. The van der Waals surface area contributed by atoms with Gasteiger partial charge in [0.25, 0.3) is 0 Å². The van der Waals surface area contributed by atoms with Crippen LogP contribution >= 0.6 is 11.8 Å². The Bertz CT molecular complexity index is 190. The Morgan fingerprint density at radius 3 is 2.14 bits per heavy atom. The molecule has 0 aromatic heterocycles. The predicted molar refractivity (Wildman–Crippen MR) is 70.2 cm³/mol. The molecule has 0 aliphatic carbocycles. The molecule has 84 valence electrons. The molecule has 0 aliphatic rings. The van der Waals surface area contributed by atoms with E-state index in [1.807, 2.05) is 11.8 Å². The van der Waals surface area contributed by atoms with E-state index >= 15 is 0 Å². The Kier molecular flexibility index (Phi) is 6.61. The van der Waals surface area contributed by atoms with Crippen LogP contribution in [-0.2, 0) is 4.43 Å². The normalized spacial score (nSPS) is 11.3. The zero-order valence-corrected chi connectivity index (χ0v) is 12.3. The van der Waals surface area contributed by atoms with Crippen LogP contribution < -0.4 is 0 Å². The van der Waals surface area contributed by atoms with Crippen molar-refractivity contribution in [1.82, 2.24) is 0 Å². The average molecular weight is 232 g/mol. The maximum Gasteiger partial charge on any atom is 0.242 e. The van der Waals surface area contributed by atoms with E-state index in [4.69, 9.17) is 4.43 Å². The number of hydrogen-bond acceptors (Lipinski definition) is 2. The van der Waals surface area contributed by atoms with E-state index in [0.717, 1.165) is 5.09 Å². The van der Waals surface area contributed by atoms with Gasteiger partial charge in [0.15, 0.2) is 0 Å². The van der Waals surface area contributed by atoms with Gasteiger partial charge in [0.2, 0.25) is 8.32 Å². The predicted octanol–water partition coefficient (Wildman–Crippen LogP) is 4.62. The van der Waals surface area contributed by atoms with Crippen molar-refractivity contribution in [3.8, 4) is 0 Å². The van der Waals surface area contributed by atoms with Gasteiger partial charge in [0, 0.05) is 5.75 Å². The molecule has 0 bridgehead atoms. The van der Waals surface area contributed by atoms with Gasteiger partial charge in [-0.2, -0.15) is 0 Å². The van der Waals surface area contributed by atoms with Crippen LogP contribution in [0.4, 0.5) is 0 Å². The number of hydrogen-bond donors (Lipinski definition) is 0. The molecular formula is C11H24OSSi. The molecule has 0 spiro atoms. The molecular weight excluding hydrogens is 208 g/mol. The summed E-state index contributed by atoms with van der Waals surface area (Å²) in [6, 6.07) is 0. The summed E-state index contributed by atoms with van der Waals surface area (Å²) in [6.07, 6.45) is 2.53. The van der Waals surface area contributed by atoms with Crippen molar-refractivity contribution in [2.45, 2.75) is 53.3 Å². The van der Waals surface area contributed by atoms with Gasteiger partial charge < -0.3 is 4.43 Å². The van der Waals surface area contributed by atoms with Crippen molar-refractivity contribution in [3.63, 3.8) is 0 Å². The summed E-state index contributed by atoms with van der Waals surface area (Å²) in [6.45, 7) is 13.2. The van der Waals surface area contributed by atoms with Crippen LogP contribution in [0.5, 0.6) is 0 Å². The molecule has 0 saturated carbocycles. The second-order valence-electron chi connectivity index (χ2n) is 4.70. The molecule has 0 aromatic carbocycles. The van der Waals surface area contributed by atoms with Crippen LogP contribution in [0.3, 0.4) is 0 Å². The van der Waals surface area contributed by atoms with E-state index in [0.29, 0.717) is 0 Å². The molecule has 1 nitrogen and oxygen atoms in total. The molecule has 0 unspecified atom stereocenters. The molecule has 0 heterocycles. The standard InChI is InChI=1S/C11H24OSSi/c1-7-8-9-13-11(10(2)3)12-14(4,5)6/h7-9H2,1-6H3. The van der Waals surface area contributed by atoms with Crippen molar-refractivity contribution in [1.29, 1.82) is 0 Å². The molecule has 0 atom stereocenters. The summed E-state index contributed by atoms with van der Waals surface area (Å²) in [7, 11) is -1.42. The molecule has 0 aliphatic heterocycles. The van der Waals surface area contributed by atoms with Gasteiger partial charge >= 0.3 is 0 Å². The lowest BCUT2D eigenvalue weighted by Gasteiger charge is -2.22. The van der Waals surface area contributed by atoms with Gasteiger partial charge in [-0.1, -0.05) is 25.1 Å². The Hall–Kier alpha value is 0.107. The topological polar surface area (TPSA) is 9.23 Å². The fraction of sp³-hybridized carbons (Fsp3) is 0.818. The lowest BCUT2D eigenvalue weighted by molar-refractivity contribution is 0.457. The fourth-order valence-corrected chi connectivity index (χ4v) is 3.52. The average Bonchev–Trinajstić information content (AvgIpc) is 2.00. The molecule has 0 amide bonds. The second-order valence-corrected chi connectivity index (χ2v) is 10.2. The third-order valence-electron chi connectivity index (χ3n) is 1.54. The van der Waals surface area contributed by atoms with Crippen molar-refractivity contribution in [2.24, 2.45) is 0 Å². The van der Waals surface area contributed by atoms with Crippen LogP contribution in [-0.4, -0.2) is 14.1 Å². The smallest absolute Gasteiger partial charge is 0.242 e. The SMILES string of the molecule is CCCCSC(O[Si](C)(C)C)=C(C)C. The summed E-state index contributed by atoms with van der Waals surface area (Å²) >= 11 is 1.87. The highest BCUT2D eigenvalue weighted by molar-refractivity contribution is 8.02. The summed E-state index contributed by atoms with van der Waals surface area (Å²) in [5.41, 5.74) is 1.31. The maximum absolute atomic E-state index is 6.03. The number of unbranched alkanes of at least 4 members (excludes halogenated alkanes) is 1. The number of allylic oxidation sites excluding steroid dienone is 1. The Labute approximate surface area is 94.4 Å². The van der Waals surface area contributed by atoms with Crippen LogP contribution in [0.1, 0.15) is 33.6 Å². The highest BCUT2D eigenvalue weighted by Crippen LogP contribution is 2.26. The quantitative estimate of drug-likeness (QED) is 0.375. The monoisotopic (exact) mass is 232 g/mol. The van der Waals surface area contributed by atoms with Crippen molar-refractivity contribution >= 4 is 20.1 Å². The minimum Gasteiger partial charge on any atom is -0.540 e.